The third-order valence-corrected chi connectivity index (χ3v) is 8.60. The van der Waals surface area contributed by atoms with Crippen molar-refractivity contribution in [2.75, 3.05) is 31.7 Å². The molecule has 35 heavy (non-hydrogen) atoms. The number of nitrogens with zero attached hydrogens (tertiary/aromatic N) is 2. The molecular formula is C21H24N4O9Si. The average molecular weight is 505 g/mol. The van der Waals surface area contributed by atoms with Gasteiger partial charge in [0.05, 0.1) is 47.4 Å². The Labute approximate surface area is 200 Å². The molecule has 2 aliphatic rings. The van der Waals surface area contributed by atoms with Crippen molar-refractivity contribution in [2.45, 2.75) is 24.6 Å². The summed E-state index contributed by atoms with van der Waals surface area (Å²) in [4.78, 5) is 34.7. The second-order valence-corrected chi connectivity index (χ2v) is 10.8. The number of nitro benzene ring substituents is 2. The van der Waals surface area contributed by atoms with Crippen LogP contribution in [0.25, 0.3) is 0 Å². The molecule has 2 aliphatic heterocycles. The number of benzene rings is 2. The minimum Gasteiger partial charge on any atom is -0.394 e. The van der Waals surface area contributed by atoms with Crippen LogP contribution < -0.4 is 10.6 Å². The van der Waals surface area contributed by atoms with Crippen molar-refractivity contribution in [3.63, 3.8) is 0 Å². The second kappa shape index (κ2) is 10.5. The maximum Gasteiger partial charge on any atom is 0.501 e. The molecule has 4 rings (SSSR count). The zero-order valence-electron chi connectivity index (χ0n) is 18.5. The van der Waals surface area contributed by atoms with Gasteiger partial charge in [0.1, 0.15) is 0 Å². The molecule has 0 spiro atoms. The summed E-state index contributed by atoms with van der Waals surface area (Å²) in [5.74, 6) is -0.792. The number of rotatable bonds is 11. The van der Waals surface area contributed by atoms with Crippen LogP contribution in [0.15, 0.2) is 42.5 Å². The lowest BCUT2D eigenvalue weighted by Gasteiger charge is -2.19. The topological polar surface area (TPSA) is 175 Å². The summed E-state index contributed by atoms with van der Waals surface area (Å²) in [5, 5.41) is 38.5. The van der Waals surface area contributed by atoms with E-state index in [1.807, 2.05) is 0 Å². The summed E-state index contributed by atoms with van der Waals surface area (Å²) in [6.45, 7) is 0.717. The standard InChI is InChI=1S/C21H24N4O9Si/c26-11-17(14-5-2-1-3-6-14)23-21(27)15-9-18(24(28)29)20(19(10-15)25(30)31)22-7-4-8-35-32-12-16(34-35)13-33-35/h1-3,5-6,9-10,16-17,22,26H,4,7-8,11-13H2,(H,23,27)/t16?,17-,35?/m0/s1. The minimum atomic E-state index is -2.69. The summed E-state index contributed by atoms with van der Waals surface area (Å²) in [5.41, 5.74) is -1.17. The van der Waals surface area contributed by atoms with Gasteiger partial charge in [-0.3, -0.25) is 25.0 Å². The quantitative estimate of drug-likeness (QED) is 0.178. The summed E-state index contributed by atoms with van der Waals surface area (Å²) < 4.78 is 17.0. The summed E-state index contributed by atoms with van der Waals surface area (Å²) in [6.07, 6.45) is 0.396. The van der Waals surface area contributed by atoms with Crippen LogP contribution in [0.3, 0.4) is 0 Å². The third-order valence-electron chi connectivity index (χ3n) is 5.73. The lowest BCUT2D eigenvalue weighted by atomic mass is 10.1. The smallest absolute Gasteiger partial charge is 0.394 e. The van der Waals surface area contributed by atoms with Gasteiger partial charge in [0.15, 0.2) is 5.69 Å². The van der Waals surface area contributed by atoms with E-state index >= 15 is 0 Å². The maximum atomic E-state index is 12.8. The number of nitro groups is 2. The fraction of sp³-hybridized carbons (Fsp3) is 0.381. The monoisotopic (exact) mass is 504 g/mol. The molecule has 3 N–H and O–H groups in total. The summed E-state index contributed by atoms with van der Waals surface area (Å²) in [7, 11) is -2.69. The van der Waals surface area contributed by atoms with Crippen molar-refractivity contribution in [3.05, 3.63) is 73.8 Å². The highest BCUT2D eigenvalue weighted by Gasteiger charge is 2.54. The molecule has 1 amide bonds. The molecule has 186 valence electrons. The zero-order chi connectivity index (χ0) is 25.0. The Morgan fingerprint density at radius 2 is 1.74 bits per heavy atom. The van der Waals surface area contributed by atoms with Crippen molar-refractivity contribution in [2.24, 2.45) is 0 Å². The Kier molecular flexibility index (Phi) is 7.37. The van der Waals surface area contributed by atoms with Gasteiger partial charge in [-0.1, -0.05) is 30.3 Å². The molecule has 0 aliphatic carbocycles. The largest absolute Gasteiger partial charge is 0.501 e. The molecule has 1 atom stereocenters. The number of anilines is 1. The molecule has 13 nitrogen and oxygen atoms in total. The molecule has 0 radical (unpaired) electrons. The lowest BCUT2D eigenvalue weighted by molar-refractivity contribution is -0.392. The minimum absolute atomic E-state index is 0.0530. The number of fused-ring (bicyclic) bond motifs is 2. The molecule has 0 unspecified atom stereocenters. The molecule has 2 aromatic rings. The molecule has 0 saturated carbocycles. The number of hydrogen-bond acceptors (Lipinski definition) is 10. The molecular weight excluding hydrogens is 480 g/mol. The van der Waals surface area contributed by atoms with Gasteiger partial charge in [-0.15, -0.1) is 0 Å². The highest BCUT2D eigenvalue weighted by molar-refractivity contribution is 6.61. The van der Waals surface area contributed by atoms with Crippen molar-refractivity contribution in [1.82, 2.24) is 5.32 Å². The van der Waals surface area contributed by atoms with Crippen molar-refractivity contribution < 1.29 is 33.0 Å². The van der Waals surface area contributed by atoms with Crippen LogP contribution in [0.4, 0.5) is 17.1 Å². The molecule has 2 heterocycles. The fourth-order valence-corrected chi connectivity index (χ4v) is 6.77. The molecule has 2 saturated heterocycles. The Bertz CT molecular complexity index is 1070. The van der Waals surface area contributed by atoms with E-state index in [0.717, 1.165) is 12.1 Å². The second-order valence-electron chi connectivity index (χ2n) is 8.10. The highest BCUT2D eigenvalue weighted by atomic mass is 28.4. The number of amides is 1. The van der Waals surface area contributed by atoms with Crippen molar-refractivity contribution >= 4 is 31.8 Å². The Hall–Kier alpha value is -3.43. The number of nitrogens with one attached hydrogen (secondary N) is 2. The number of aliphatic hydroxyl groups is 1. The van der Waals surface area contributed by atoms with Crippen molar-refractivity contribution in [1.29, 1.82) is 0 Å². The van der Waals surface area contributed by atoms with Crippen LogP contribution in [0, 0.1) is 20.2 Å². The summed E-state index contributed by atoms with van der Waals surface area (Å²) in [6, 6.07) is 10.2. The van der Waals surface area contributed by atoms with Crippen molar-refractivity contribution in [3.8, 4) is 0 Å². The average Bonchev–Trinajstić information content (AvgIpc) is 3.46. The van der Waals surface area contributed by atoms with Gasteiger partial charge in [-0.25, -0.2) is 0 Å². The van der Waals surface area contributed by atoms with E-state index in [1.165, 1.54) is 0 Å². The normalized spacial score (nSPS) is 21.5. The highest BCUT2D eigenvalue weighted by Crippen LogP contribution is 2.37. The van der Waals surface area contributed by atoms with Gasteiger partial charge in [-0.05, 0) is 12.0 Å². The van der Waals surface area contributed by atoms with Crippen LogP contribution in [-0.2, 0) is 13.3 Å². The van der Waals surface area contributed by atoms with E-state index in [9.17, 15) is 30.1 Å². The number of hydrogen-bond donors (Lipinski definition) is 3. The van der Waals surface area contributed by atoms with Crippen LogP contribution in [0.2, 0.25) is 6.04 Å². The predicted molar refractivity (Wildman–Crippen MR) is 124 cm³/mol. The molecule has 2 aromatic carbocycles. The van der Waals surface area contributed by atoms with E-state index in [4.69, 9.17) is 13.3 Å². The van der Waals surface area contributed by atoms with Gasteiger partial charge in [0.25, 0.3) is 17.3 Å². The van der Waals surface area contributed by atoms with E-state index < -0.39 is 48.6 Å². The SMILES string of the molecule is O=C(N[C@@H](CO)c1ccccc1)c1cc([N+](=O)[O-])c(NCCC[Si]23OCC(CO2)O3)c([N+](=O)[O-])c1. The lowest BCUT2D eigenvalue weighted by Crippen LogP contribution is -2.38. The van der Waals surface area contributed by atoms with Gasteiger partial charge in [0, 0.05) is 24.7 Å². The maximum absolute atomic E-state index is 12.8. The molecule has 2 fully saturated rings. The van der Waals surface area contributed by atoms with Gasteiger partial charge in [-0.2, -0.15) is 0 Å². The van der Waals surface area contributed by atoms with E-state index in [-0.39, 0.29) is 23.9 Å². The Morgan fingerprint density at radius 3 is 2.26 bits per heavy atom. The number of carbonyl (C=O) groups is 1. The number of aliphatic hydroxyl groups excluding tert-OH is 1. The van der Waals surface area contributed by atoms with Crippen LogP contribution in [0.5, 0.6) is 0 Å². The molecule has 0 aromatic heterocycles. The van der Waals surface area contributed by atoms with Gasteiger partial charge < -0.3 is 29.0 Å². The first-order chi connectivity index (χ1) is 16.8. The van der Waals surface area contributed by atoms with Crippen LogP contribution in [-0.4, -0.2) is 62.1 Å². The first kappa shape index (κ1) is 24.7. The predicted octanol–water partition coefficient (Wildman–Crippen LogP) is 2.15. The fourth-order valence-electron chi connectivity index (χ4n) is 4.01. The first-order valence-corrected chi connectivity index (χ1v) is 12.9. The Morgan fingerprint density at radius 1 is 1.11 bits per heavy atom. The van der Waals surface area contributed by atoms with Crippen LogP contribution >= 0.6 is 0 Å². The molecule has 2 bridgehead atoms. The van der Waals surface area contributed by atoms with Gasteiger partial charge in [0.2, 0.25) is 0 Å². The number of carbonyl (C=O) groups excluding carboxylic acids is 1. The first-order valence-electron chi connectivity index (χ1n) is 10.9. The van der Waals surface area contributed by atoms with E-state index in [2.05, 4.69) is 10.6 Å². The van der Waals surface area contributed by atoms with Gasteiger partial charge >= 0.3 is 8.80 Å². The third kappa shape index (κ3) is 5.46. The molecule has 14 heteroatoms. The Balaban J connectivity index is 1.51. The van der Waals surface area contributed by atoms with E-state index in [0.29, 0.717) is 31.2 Å². The van der Waals surface area contributed by atoms with E-state index in [1.54, 1.807) is 30.3 Å². The summed E-state index contributed by atoms with van der Waals surface area (Å²) >= 11 is 0. The zero-order valence-corrected chi connectivity index (χ0v) is 19.5. The van der Waals surface area contributed by atoms with Crippen LogP contribution in [0.1, 0.15) is 28.4 Å².